The summed E-state index contributed by atoms with van der Waals surface area (Å²) in [5.41, 5.74) is -1.06. The third kappa shape index (κ3) is 1.95. The number of nitro groups is 1. The lowest BCUT2D eigenvalue weighted by Gasteiger charge is -2.05. The maximum Gasteiger partial charge on any atom is 0.313 e. The molecule has 0 amide bonds. The number of hydrogen-bond donors (Lipinski definition) is 0. The van der Waals surface area contributed by atoms with E-state index in [1.54, 1.807) is 0 Å². The largest absolute Gasteiger partial charge is 0.618 e. The van der Waals surface area contributed by atoms with Gasteiger partial charge in [0, 0.05) is 18.2 Å². The molecule has 2 heterocycles. The Morgan fingerprint density at radius 1 is 1.14 bits per heavy atom. The molecule has 0 aliphatic rings. The Labute approximate surface area is 122 Å². The fraction of sp³-hybridized carbons (Fsp3) is 0. The smallest absolute Gasteiger partial charge is 0.313 e. The van der Waals surface area contributed by atoms with E-state index in [1.807, 2.05) is 0 Å². The molecule has 0 saturated heterocycles. The molecule has 1 aromatic carbocycles. The van der Waals surface area contributed by atoms with Gasteiger partial charge < -0.3 is 5.21 Å². The normalized spacial score (nSPS) is 11.6. The molecular weight excluding hydrogens is 316 g/mol. The molecule has 0 atom stereocenters. The molecule has 112 valence electrons. The summed E-state index contributed by atoms with van der Waals surface area (Å²) in [6.07, 6.45) is 1.02. The van der Waals surface area contributed by atoms with Gasteiger partial charge in [-0.1, -0.05) is 0 Å². The third-order valence-electron chi connectivity index (χ3n) is 2.91. The van der Waals surface area contributed by atoms with Crippen molar-refractivity contribution in [2.45, 2.75) is 9.92 Å². The second-order valence-electron chi connectivity index (χ2n) is 4.17. The van der Waals surface area contributed by atoms with Crippen LogP contribution in [0.25, 0.3) is 11.0 Å². The molecular formula is C11H6N4O6S. The third-order valence-corrected chi connectivity index (χ3v) is 4.68. The summed E-state index contributed by atoms with van der Waals surface area (Å²) in [6.45, 7) is 0. The minimum absolute atomic E-state index is 0.177. The molecule has 0 aliphatic carbocycles. The van der Waals surface area contributed by atoms with E-state index in [9.17, 15) is 23.7 Å². The van der Waals surface area contributed by atoms with Gasteiger partial charge in [-0.05, 0) is 22.4 Å². The van der Waals surface area contributed by atoms with Crippen LogP contribution in [0.15, 0.2) is 51.1 Å². The maximum atomic E-state index is 12.5. The topological polar surface area (TPSA) is 143 Å². The lowest BCUT2D eigenvalue weighted by molar-refractivity contribution is -0.646. The predicted molar refractivity (Wildman–Crippen MR) is 69.3 cm³/mol. The molecule has 22 heavy (non-hydrogen) atoms. The number of aromatic nitrogens is 3. The summed E-state index contributed by atoms with van der Waals surface area (Å²) < 4.78 is 29.7. The first-order valence-electron chi connectivity index (χ1n) is 5.76. The number of non-ortho nitro benzene ring substituents is 1. The molecule has 3 rings (SSSR count). The zero-order valence-electron chi connectivity index (χ0n) is 10.6. The second-order valence-corrected chi connectivity index (χ2v) is 6.03. The highest BCUT2D eigenvalue weighted by molar-refractivity contribution is 7.91. The number of nitrogens with zero attached hydrogens (tertiary/aromatic N) is 4. The number of hydrogen-bond acceptors (Lipinski definition) is 8. The Balaban J connectivity index is 2.32. The van der Waals surface area contributed by atoms with Gasteiger partial charge in [0.2, 0.25) is 5.52 Å². The van der Waals surface area contributed by atoms with Crippen LogP contribution in [0.1, 0.15) is 0 Å². The van der Waals surface area contributed by atoms with E-state index in [4.69, 9.17) is 0 Å². The molecule has 0 saturated carbocycles. The Hall–Kier alpha value is -3.08. The molecule has 0 fully saturated rings. The van der Waals surface area contributed by atoms with Crippen molar-refractivity contribution in [2.24, 2.45) is 0 Å². The zero-order chi connectivity index (χ0) is 15.9. The van der Waals surface area contributed by atoms with E-state index in [0.29, 0.717) is 0 Å². The predicted octanol–water partition coefficient (Wildman–Crippen LogP) is 0.597. The average Bonchev–Trinajstić information content (AvgIpc) is 2.95. The summed E-state index contributed by atoms with van der Waals surface area (Å²) in [5.74, 6) is 0. The van der Waals surface area contributed by atoms with Crippen LogP contribution in [0.2, 0.25) is 0 Å². The highest BCUT2D eigenvalue weighted by Crippen LogP contribution is 2.30. The van der Waals surface area contributed by atoms with E-state index < -0.39 is 30.4 Å². The van der Waals surface area contributed by atoms with Crippen molar-refractivity contribution >= 4 is 26.6 Å². The van der Waals surface area contributed by atoms with Crippen LogP contribution in [-0.4, -0.2) is 23.7 Å². The molecule has 0 spiro atoms. The second kappa shape index (κ2) is 4.73. The van der Waals surface area contributed by atoms with E-state index in [-0.39, 0.29) is 15.8 Å². The average molecular weight is 322 g/mol. The van der Waals surface area contributed by atoms with E-state index in [1.165, 1.54) is 12.1 Å². The van der Waals surface area contributed by atoms with E-state index in [2.05, 4.69) is 14.9 Å². The summed E-state index contributed by atoms with van der Waals surface area (Å²) in [5, 5.41) is 28.8. The number of sulfone groups is 1. The molecule has 3 aromatic rings. The van der Waals surface area contributed by atoms with E-state index in [0.717, 1.165) is 24.4 Å². The quantitative estimate of drug-likeness (QED) is 0.295. The minimum Gasteiger partial charge on any atom is -0.618 e. The Morgan fingerprint density at radius 2 is 1.86 bits per heavy atom. The van der Waals surface area contributed by atoms with Crippen molar-refractivity contribution in [3.8, 4) is 0 Å². The van der Waals surface area contributed by atoms with Crippen molar-refractivity contribution in [3.63, 3.8) is 0 Å². The zero-order valence-corrected chi connectivity index (χ0v) is 11.4. The lowest BCUT2D eigenvalue weighted by Crippen LogP contribution is -2.33. The highest BCUT2D eigenvalue weighted by atomic mass is 32.2. The number of fused-ring (bicyclic) bond motifs is 1. The number of nitro benzene ring substituents is 1. The van der Waals surface area contributed by atoms with Crippen molar-refractivity contribution < 1.29 is 22.7 Å². The molecule has 0 bridgehead atoms. The first-order valence-corrected chi connectivity index (χ1v) is 7.24. The summed E-state index contributed by atoms with van der Waals surface area (Å²) in [6, 6.07) is 5.83. The van der Waals surface area contributed by atoms with Gasteiger partial charge in [-0.25, -0.2) is 13.0 Å². The van der Waals surface area contributed by atoms with Crippen LogP contribution in [0.5, 0.6) is 0 Å². The van der Waals surface area contributed by atoms with Gasteiger partial charge in [0.25, 0.3) is 9.84 Å². The standard InChI is InChI=1S/C11H6N4O6S/c16-14-6-2-1-3-9(14)22(19,20)8-5-4-7(15(17)18)10-11(8)13-21-12-10/h1-6H. The van der Waals surface area contributed by atoms with Crippen molar-refractivity contribution in [3.05, 3.63) is 51.9 Å². The van der Waals surface area contributed by atoms with Crippen LogP contribution in [-0.2, 0) is 9.84 Å². The van der Waals surface area contributed by atoms with Crippen molar-refractivity contribution in [1.29, 1.82) is 0 Å². The first-order chi connectivity index (χ1) is 10.4. The molecule has 0 unspecified atom stereocenters. The van der Waals surface area contributed by atoms with Gasteiger partial charge in [0.05, 0.1) is 4.92 Å². The Morgan fingerprint density at radius 3 is 2.55 bits per heavy atom. The maximum absolute atomic E-state index is 12.5. The van der Waals surface area contributed by atoms with Gasteiger partial charge in [0.15, 0.2) is 11.7 Å². The van der Waals surface area contributed by atoms with Crippen LogP contribution >= 0.6 is 0 Å². The van der Waals surface area contributed by atoms with Gasteiger partial charge in [0.1, 0.15) is 4.90 Å². The van der Waals surface area contributed by atoms with Crippen LogP contribution in [0.4, 0.5) is 5.69 Å². The Kier molecular flexibility index (Phi) is 2.99. The summed E-state index contributed by atoms with van der Waals surface area (Å²) >= 11 is 0. The van der Waals surface area contributed by atoms with Crippen molar-refractivity contribution in [1.82, 2.24) is 10.3 Å². The van der Waals surface area contributed by atoms with E-state index >= 15 is 0 Å². The molecule has 0 aliphatic heterocycles. The number of rotatable bonds is 3. The molecule has 0 radical (unpaired) electrons. The fourth-order valence-electron chi connectivity index (χ4n) is 1.93. The monoisotopic (exact) mass is 322 g/mol. The molecule has 0 N–H and O–H groups in total. The lowest BCUT2D eigenvalue weighted by atomic mass is 10.3. The Bertz CT molecular complexity index is 997. The number of benzene rings is 1. The summed E-state index contributed by atoms with van der Waals surface area (Å²) in [7, 11) is -4.24. The molecule has 11 heteroatoms. The molecule has 10 nitrogen and oxygen atoms in total. The van der Waals surface area contributed by atoms with Crippen LogP contribution in [0.3, 0.4) is 0 Å². The van der Waals surface area contributed by atoms with Gasteiger partial charge in [-0.3, -0.25) is 10.1 Å². The van der Waals surface area contributed by atoms with Crippen LogP contribution < -0.4 is 4.73 Å². The van der Waals surface area contributed by atoms with Crippen LogP contribution in [0, 0.1) is 15.3 Å². The first kappa shape index (κ1) is 13.9. The minimum atomic E-state index is -4.24. The molecule has 2 aromatic heterocycles. The SMILES string of the molecule is O=[N+]([O-])c1ccc(S(=O)(=O)c2cccc[n+]2[O-])c2nonc12. The van der Waals surface area contributed by atoms with Gasteiger partial charge >= 0.3 is 10.7 Å². The summed E-state index contributed by atoms with van der Waals surface area (Å²) in [4.78, 5) is 9.76. The highest BCUT2D eigenvalue weighted by Gasteiger charge is 2.32. The number of pyridine rings is 1. The van der Waals surface area contributed by atoms with Crippen molar-refractivity contribution in [2.75, 3.05) is 0 Å². The fourth-order valence-corrected chi connectivity index (χ4v) is 3.34. The van der Waals surface area contributed by atoms with Gasteiger partial charge in [-0.2, -0.15) is 4.73 Å². The van der Waals surface area contributed by atoms with Gasteiger partial charge in [-0.15, -0.1) is 0 Å².